The third-order valence-corrected chi connectivity index (χ3v) is 4.15. The lowest BCUT2D eigenvalue weighted by molar-refractivity contribution is -0.138. The molecule has 0 saturated heterocycles. The highest BCUT2D eigenvalue weighted by Crippen LogP contribution is 2.42. The van der Waals surface area contributed by atoms with Gasteiger partial charge in [0.1, 0.15) is 23.2 Å². The summed E-state index contributed by atoms with van der Waals surface area (Å²) in [5, 5.41) is 9.62. The van der Waals surface area contributed by atoms with Gasteiger partial charge < -0.3 is 15.2 Å². The molecule has 27 heavy (non-hydrogen) atoms. The summed E-state index contributed by atoms with van der Waals surface area (Å²) < 4.78 is 24.3. The molecule has 0 aliphatic carbocycles. The minimum absolute atomic E-state index is 0.0735. The molecule has 1 aliphatic rings. The Kier molecular flexibility index (Phi) is 5.23. The van der Waals surface area contributed by atoms with Crippen LogP contribution in [-0.4, -0.2) is 12.6 Å². The van der Waals surface area contributed by atoms with Crippen molar-refractivity contribution >= 4 is 11.7 Å². The predicted molar refractivity (Wildman–Crippen MR) is 97.0 cm³/mol. The molecule has 2 aromatic rings. The molecule has 6 heteroatoms. The number of nitrogens with zero attached hydrogens (tertiary/aromatic N) is 1. The molecule has 0 amide bonds. The standard InChI is InChI=1S/C21H17FN2O3/c1-2-26-21(25)18-17(13-8-10-15(22)11-9-13)16(12-23)20(24)27-19(18)14-6-4-3-5-7-14/h3-11,17H,2,24H2,1H3. The fourth-order valence-electron chi connectivity index (χ4n) is 2.97. The van der Waals surface area contributed by atoms with Crippen molar-refractivity contribution in [3.05, 3.63) is 88.6 Å². The summed E-state index contributed by atoms with van der Waals surface area (Å²) in [6.45, 7) is 1.84. The molecule has 0 radical (unpaired) electrons. The zero-order valence-corrected chi connectivity index (χ0v) is 14.6. The molecular weight excluding hydrogens is 347 g/mol. The number of hydrogen-bond donors (Lipinski definition) is 1. The number of nitriles is 1. The summed E-state index contributed by atoms with van der Waals surface area (Å²) in [5.41, 5.74) is 7.37. The van der Waals surface area contributed by atoms with Crippen molar-refractivity contribution in [3.8, 4) is 6.07 Å². The molecule has 136 valence electrons. The third kappa shape index (κ3) is 3.53. The highest BCUT2D eigenvalue weighted by atomic mass is 19.1. The predicted octanol–water partition coefficient (Wildman–Crippen LogP) is 3.61. The van der Waals surface area contributed by atoms with Gasteiger partial charge in [0.2, 0.25) is 5.88 Å². The van der Waals surface area contributed by atoms with E-state index in [0.29, 0.717) is 11.1 Å². The van der Waals surface area contributed by atoms with Gasteiger partial charge in [-0.2, -0.15) is 5.26 Å². The van der Waals surface area contributed by atoms with Gasteiger partial charge in [0.05, 0.1) is 18.1 Å². The van der Waals surface area contributed by atoms with Crippen molar-refractivity contribution in [1.29, 1.82) is 5.26 Å². The van der Waals surface area contributed by atoms with Crippen molar-refractivity contribution in [2.75, 3.05) is 6.61 Å². The number of ether oxygens (including phenoxy) is 2. The normalized spacial score (nSPS) is 16.6. The molecule has 5 nitrogen and oxygen atoms in total. The first-order valence-corrected chi connectivity index (χ1v) is 8.36. The first kappa shape index (κ1) is 18.2. The van der Waals surface area contributed by atoms with Crippen LogP contribution in [0.2, 0.25) is 0 Å². The van der Waals surface area contributed by atoms with Gasteiger partial charge in [0.25, 0.3) is 0 Å². The minimum Gasteiger partial charge on any atom is -0.463 e. The Morgan fingerprint density at radius 2 is 1.89 bits per heavy atom. The summed E-state index contributed by atoms with van der Waals surface area (Å²) in [7, 11) is 0. The number of esters is 1. The van der Waals surface area contributed by atoms with Crippen LogP contribution in [0, 0.1) is 17.1 Å². The van der Waals surface area contributed by atoms with E-state index in [4.69, 9.17) is 15.2 Å². The molecule has 0 fully saturated rings. The number of benzene rings is 2. The fraction of sp³-hybridized carbons (Fsp3) is 0.143. The first-order valence-electron chi connectivity index (χ1n) is 8.36. The second-order valence-corrected chi connectivity index (χ2v) is 5.81. The quantitative estimate of drug-likeness (QED) is 0.838. The van der Waals surface area contributed by atoms with Gasteiger partial charge in [0, 0.05) is 5.56 Å². The molecule has 1 heterocycles. The van der Waals surface area contributed by atoms with Crippen LogP contribution in [0.15, 0.2) is 71.6 Å². The maximum absolute atomic E-state index is 13.4. The van der Waals surface area contributed by atoms with Crippen molar-refractivity contribution < 1.29 is 18.7 Å². The number of allylic oxidation sites excluding steroid dienone is 1. The van der Waals surface area contributed by atoms with Gasteiger partial charge in [-0.3, -0.25) is 0 Å². The number of carbonyl (C=O) groups is 1. The van der Waals surface area contributed by atoms with Crippen LogP contribution in [0.1, 0.15) is 24.0 Å². The van der Waals surface area contributed by atoms with E-state index in [-0.39, 0.29) is 29.4 Å². The highest BCUT2D eigenvalue weighted by Gasteiger charge is 2.38. The molecule has 0 spiro atoms. The lowest BCUT2D eigenvalue weighted by atomic mass is 9.82. The van der Waals surface area contributed by atoms with Gasteiger partial charge >= 0.3 is 5.97 Å². The zero-order chi connectivity index (χ0) is 19.4. The van der Waals surface area contributed by atoms with Gasteiger partial charge in [-0.15, -0.1) is 0 Å². The molecule has 2 aromatic carbocycles. The summed E-state index contributed by atoms with van der Waals surface area (Å²) >= 11 is 0. The monoisotopic (exact) mass is 364 g/mol. The second kappa shape index (κ2) is 7.75. The van der Waals surface area contributed by atoms with Crippen LogP contribution in [0.25, 0.3) is 5.76 Å². The number of rotatable bonds is 4. The SMILES string of the molecule is CCOC(=O)C1=C(c2ccccc2)OC(N)=C(C#N)C1c1ccc(F)cc1. The van der Waals surface area contributed by atoms with Crippen LogP contribution >= 0.6 is 0 Å². The van der Waals surface area contributed by atoms with Crippen LogP contribution in [-0.2, 0) is 14.3 Å². The van der Waals surface area contributed by atoms with Crippen LogP contribution in [0.5, 0.6) is 0 Å². The number of nitrogens with two attached hydrogens (primary N) is 1. The molecule has 0 saturated carbocycles. The van der Waals surface area contributed by atoms with E-state index in [1.165, 1.54) is 24.3 Å². The lowest BCUT2D eigenvalue weighted by Crippen LogP contribution is -2.25. The fourth-order valence-corrected chi connectivity index (χ4v) is 2.97. The Morgan fingerprint density at radius 1 is 1.22 bits per heavy atom. The molecule has 0 aromatic heterocycles. The number of carbonyl (C=O) groups excluding carboxylic acids is 1. The average Bonchev–Trinajstić information content (AvgIpc) is 2.68. The molecule has 2 N–H and O–H groups in total. The average molecular weight is 364 g/mol. The van der Waals surface area contributed by atoms with Crippen molar-refractivity contribution in [2.24, 2.45) is 5.73 Å². The first-order chi connectivity index (χ1) is 13.1. The molecule has 1 aliphatic heterocycles. The maximum atomic E-state index is 13.4. The smallest absolute Gasteiger partial charge is 0.338 e. The largest absolute Gasteiger partial charge is 0.463 e. The molecule has 1 atom stereocenters. The van der Waals surface area contributed by atoms with E-state index in [1.54, 1.807) is 31.2 Å². The summed E-state index contributed by atoms with van der Waals surface area (Å²) in [4.78, 5) is 12.8. The van der Waals surface area contributed by atoms with E-state index in [9.17, 15) is 14.4 Å². The van der Waals surface area contributed by atoms with Gasteiger partial charge in [-0.25, -0.2) is 9.18 Å². The van der Waals surface area contributed by atoms with E-state index in [2.05, 4.69) is 0 Å². The Labute approximate surface area is 156 Å². The highest BCUT2D eigenvalue weighted by molar-refractivity contribution is 5.99. The minimum atomic E-state index is -0.821. The zero-order valence-electron chi connectivity index (χ0n) is 14.6. The Balaban J connectivity index is 2.26. The van der Waals surface area contributed by atoms with Gasteiger partial charge in [0.15, 0.2) is 0 Å². The van der Waals surface area contributed by atoms with Crippen molar-refractivity contribution in [3.63, 3.8) is 0 Å². The van der Waals surface area contributed by atoms with Crippen LogP contribution in [0.3, 0.4) is 0 Å². The van der Waals surface area contributed by atoms with Gasteiger partial charge in [-0.05, 0) is 24.6 Å². The van der Waals surface area contributed by atoms with E-state index < -0.39 is 17.7 Å². The van der Waals surface area contributed by atoms with E-state index in [1.807, 2.05) is 12.1 Å². The Bertz CT molecular complexity index is 957. The van der Waals surface area contributed by atoms with Crippen LogP contribution in [0.4, 0.5) is 4.39 Å². The summed E-state index contributed by atoms with van der Waals surface area (Å²) in [6.07, 6.45) is 0. The molecule has 1 unspecified atom stereocenters. The molecular formula is C21H17FN2O3. The topological polar surface area (TPSA) is 85.3 Å². The molecule has 3 rings (SSSR count). The maximum Gasteiger partial charge on any atom is 0.338 e. The summed E-state index contributed by atoms with van der Waals surface area (Å²) in [6, 6.07) is 16.5. The number of halogens is 1. The third-order valence-electron chi connectivity index (χ3n) is 4.15. The van der Waals surface area contributed by atoms with Crippen molar-refractivity contribution in [2.45, 2.75) is 12.8 Å². The molecule has 0 bridgehead atoms. The van der Waals surface area contributed by atoms with Gasteiger partial charge in [-0.1, -0.05) is 42.5 Å². The lowest BCUT2D eigenvalue weighted by Gasteiger charge is -2.28. The number of hydrogen-bond acceptors (Lipinski definition) is 5. The second-order valence-electron chi connectivity index (χ2n) is 5.81. The van der Waals surface area contributed by atoms with E-state index >= 15 is 0 Å². The van der Waals surface area contributed by atoms with Crippen molar-refractivity contribution in [1.82, 2.24) is 0 Å². The summed E-state index contributed by atoms with van der Waals surface area (Å²) in [5.74, 6) is -1.74. The van der Waals surface area contributed by atoms with E-state index in [0.717, 1.165) is 0 Å². The Morgan fingerprint density at radius 3 is 2.48 bits per heavy atom. The Hall–Kier alpha value is -3.59. The van der Waals surface area contributed by atoms with Crippen LogP contribution < -0.4 is 5.73 Å².